The van der Waals surface area contributed by atoms with Gasteiger partial charge in [0.25, 0.3) is 0 Å². The Bertz CT molecular complexity index is 1050. The monoisotopic (exact) mass is 477 g/mol. The van der Waals surface area contributed by atoms with Crippen LogP contribution in [0, 0.1) is 5.92 Å². The molecule has 6 nitrogen and oxygen atoms in total. The molecule has 4 rings (SSSR count). The fourth-order valence-electron chi connectivity index (χ4n) is 4.07. The summed E-state index contributed by atoms with van der Waals surface area (Å²) in [4.78, 5) is 28.6. The largest absolute Gasteiger partial charge is 0.455 e. The van der Waals surface area contributed by atoms with Gasteiger partial charge < -0.3 is 20.3 Å². The molecule has 0 spiro atoms. The third-order valence-electron chi connectivity index (χ3n) is 6.00. The molecule has 1 aliphatic rings. The number of nitrogens with zero attached hydrogens (tertiary/aromatic N) is 1. The number of hydrogen-bond acceptors (Lipinski definition) is 5. The highest BCUT2D eigenvalue weighted by Gasteiger charge is 2.25. The van der Waals surface area contributed by atoms with Crippen molar-refractivity contribution in [1.82, 2.24) is 10.2 Å². The SMILES string of the molecule is O=C(CCN1CCC(C(=O)NCCc2cccs2)CC1)Nc1ccccc1Oc1ccccc1. The van der Waals surface area contributed by atoms with Crippen LogP contribution in [-0.2, 0) is 16.0 Å². The summed E-state index contributed by atoms with van der Waals surface area (Å²) in [5, 5.41) is 8.12. The van der Waals surface area contributed by atoms with Crippen molar-refractivity contribution >= 4 is 28.8 Å². The second-order valence-electron chi connectivity index (χ2n) is 8.45. The molecular weight excluding hydrogens is 446 g/mol. The highest BCUT2D eigenvalue weighted by atomic mass is 32.1. The topological polar surface area (TPSA) is 70.7 Å². The Morgan fingerprint density at radius 1 is 0.971 bits per heavy atom. The van der Waals surface area contributed by atoms with Crippen molar-refractivity contribution in [3.05, 3.63) is 77.0 Å². The Kier molecular flexibility index (Phi) is 8.71. The van der Waals surface area contributed by atoms with E-state index in [1.807, 2.05) is 60.7 Å². The van der Waals surface area contributed by atoms with Gasteiger partial charge in [-0.25, -0.2) is 0 Å². The van der Waals surface area contributed by atoms with Gasteiger partial charge in [-0.15, -0.1) is 11.3 Å². The molecule has 0 aliphatic carbocycles. The molecule has 0 saturated carbocycles. The maximum Gasteiger partial charge on any atom is 0.225 e. The number of ether oxygens (including phenoxy) is 1. The molecule has 2 heterocycles. The summed E-state index contributed by atoms with van der Waals surface area (Å²) in [6.07, 6.45) is 2.95. The number of para-hydroxylation sites is 3. The lowest BCUT2D eigenvalue weighted by Gasteiger charge is -2.31. The Morgan fingerprint density at radius 2 is 1.74 bits per heavy atom. The van der Waals surface area contributed by atoms with E-state index in [9.17, 15) is 9.59 Å². The lowest BCUT2D eigenvalue weighted by Crippen LogP contribution is -2.41. The molecule has 0 radical (unpaired) electrons. The Balaban J connectivity index is 1.17. The summed E-state index contributed by atoms with van der Waals surface area (Å²) in [5.41, 5.74) is 0.661. The number of rotatable bonds is 10. The Labute approximate surface area is 204 Å². The molecule has 0 unspecified atom stereocenters. The van der Waals surface area contributed by atoms with E-state index in [4.69, 9.17) is 4.74 Å². The smallest absolute Gasteiger partial charge is 0.225 e. The van der Waals surface area contributed by atoms with E-state index in [1.54, 1.807) is 11.3 Å². The van der Waals surface area contributed by atoms with E-state index >= 15 is 0 Å². The lowest BCUT2D eigenvalue weighted by atomic mass is 9.95. The summed E-state index contributed by atoms with van der Waals surface area (Å²) in [7, 11) is 0. The van der Waals surface area contributed by atoms with Crippen molar-refractivity contribution in [3.63, 3.8) is 0 Å². The first-order chi connectivity index (χ1) is 16.7. The third-order valence-corrected chi connectivity index (χ3v) is 6.93. The summed E-state index contributed by atoms with van der Waals surface area (Å²) >= 11 is 1.72. The normalized spacial score (nSPS) is 14.5. The van der Waals surface area contributed by atoms with Crippen LogP contribution in [0.15, 0.2) is 72.1 Å². The molecule has 1 aliphatic heterocycles. The zero-order valence-electron chi connectivity index (χ0n) is 19.2. The van der Waals surface area contributed by atoms with E-state index in [1.165, 1.54) is 4.88 Å². The predicted molar refractivity (Wildman–Crippen MR) is 136 cm³/mol. The summed E-state index contributed by atoms with van der Waals surface area (Å²) < 4.78 is 5.93. The maximum absolute atomic E-state index is 12.6. The average molecular weight is 478 g/mol. The van der Waals surface area contributed by atoms with Crippen LogP contribution in [0.2, 0.25) is 0 Å². The van der Waals surface area contributed by atoms with Crippen LogP contribution in [0.1, 0.15) is 24.1 Å². The summed E-state index contributed by atoms with van der Waals surface area (Å²) in [6.45, 7) is 3.05. The zero-order valence-corrected chi connectivity index (χ0v) is 20.1. The third kappa shape index (κ3) is 7.17. The predicted octanol–water partition coefficient (Wildman–Crippen LogP) is 4.94. The first-order valence-corrected chi connectivity index (χ1v) is 12.7. The highest BCUT2D eigenvalue weighted by molar-refractivity contribution is 7.09. The van der Waals surface area contributed by atoms with Crippen LogP contribution in [0.5, 0.6) is 11.5 Å². The summed E-state index contributed by atoms with van der Waals surface area (Å²) in [6, 6.07) is 21.1. The van der Waals surface area contributed by atoms with Gasteiger partial charge in [-0.3, -0.25) is 9.59 Å². The van der Waals surface area contributed by atoms with Gasteiger partial charge in [0, 0.05) is 30.3 Å². The number of piperidine rings is 1. The highest BCUT2D eigenvalue weighted by Crippen LogP contribution is 2.29. The second-order valence-corrected chi connectivity index (χ2v) is 9.48. The molecule has 2 amide bonds. The number of likely N-dealkylation sites (tertiary alicyclic amines) is 1. The van der Waals surface area contributed by atoms with Gasteiger partial charge >= 0.3 is 0 Å². The number of anilines is 1. The van der Waals surface area contributed by atoms with Crippen molar-refractivity contribution in [2.75, 3.05) is 31.5 Å². The molecule has 2 aromatic carbocycles. The minimum Gasteiger partial charge on any atom is -0.455 e. The molecule has 7 heteroatoms. The number of carbonyl (C=O) groups is 2. The minimum atomic E-state index is -0.0439. The zero-order chi connectivity index (χ0) is 23.6. The number of thiophene rings is 1. The molecule has 0 bridgehead atoms. The molecule has 1 saturated heterocycles. The molecule has 2 N–H and O–H groups in total. The van der Waals surface area contributed by atoms with Crippen LogP contribution in [0.3, 0.4) is 0 Å². The van der Waals surface area contributed by atoms with Crippen LogP contribution in [-0.4, -0.2) is 42.9 Å². The quantitative estimate of drug-likeness (QED) is 0.434. The van der Waals surface area contributed by atoms with E-state index in [0.29, 0.717) is 30.9 Å². The van der Waals surface area contributed by atoms with E-state index < -0.39 is 0 Å². The number of nitrogens with one attached hydrogen (secondary N) is 2. The van der Waals surface area contributed by atoms with Gasteiger partial charge in [0.2, 0.25) is 11.8 Å². The second kappa shape index (κ2) is 12.3. The maximum atomic E-state index is 12.6. The number of amides is 2. The van der Waals surface area contributed by atoms with Gasteiger partial charge in [-0.05, 0) is 68.1 Å². The van der Waals surface area contributed by atoms with Crippen molar-refractivity contribution in [2.45, 2.75) is 25.7 Å². The van der Waals surface area contributed by atoms with Gasteiger partial charge in [0.05, 0.1) is 5.69 Å². The van der Waals surface area contributed by atoms with Crippen molar-refractivity contribution in [2.24, 2.45) is 5.92 Å². The van der Waals surface area contributed by atoms with Crippen molar-refractivity contribution in [3.8, 4) is 11.5 Å². The first kappa shape index (κ1) is 24.0. The molecule has 34 heavy (non-hydrogen) atoms. The van der Waals surface area contributed by atoms with E-state index in [2.05, 4.69) is 27.0 Å². The van der Waals surface area contributed by atoms with Crippen molar-refractivity contribution < 1.29 is 14.3 Å². The molecular formula is C27H31N3O3S. The van der Waals surface area contributed by atoms with Crippen LogP contribution in [0.4, 0.5) is 5.69 Å². The molecule has 1 aromatic heterocycles. The van der Waals surface area contributed by atoms with Gasteiger partial charge in [-0.1, -0.05) is 36.4 Å². The van der Waals surface area contributed by atoms with Gasteiger partial charge in [0.1, 0.15) is 5.75 Å². The van der Waals surface area contributed by atoms with E-state index in [0.717, 1.165) is 38.1 Å². The fraction of sp³-hybridized carbons (Fsp3) is 0.333. The average Bonchev–Trinajstić information content (AvgIpc) is 3.38. The number of carbonyl (C=O) groups excluding carboxylic acids is 2. The standard InChI is InChI=1S/C27H31N3O3S/c31-26(29-24-10-4-5-11-25(24)33-22-7-2-1-3-8-22)15-19-30-17-13-21(14-18-30)27(32)28-16-12-23-9-6-20-34-23/h1-11,20-21H,12-19H2,(H,28,32)(H,29,31). The van der Waals surface area contributed by atoms with Gasteiger partial charge in [-0.2, -0.15) is 0 Å². The van der Waals surface area contributed by atoms with Gasteiger partial charge in [0.15, 0.2) is 5.75 Å². The van der Waals surface area contributed by atoms with Crippen LogP contribution >= 0.6 is 11.3 Å². The minimum absolute atomic E-state index is 0.0439. The molecule has 0 atom stereocenters. The molecule has 1 fully saturated rings. The van der Waals surface area contributed by atoms with Crippen LogP contribution < -0.4 is 15.4 Å². The molecule has 178 valence electrons. The Morgan fingerprint density at radius 3 is 2.50 bits per heavy atom. The van der Waals surface area contributed by atoms with Crippen LogP contribution in [0.25, 0.3) is 0 Å². The number of hydrogen-bond donors (Lipinski definition) is 2. The fourth-order valence-corrected chi connectivity index (χ4v) is 4.78. The van der Waals surface area contributed by atoms with Crippen molar-refractivity contribution in [1.29, 1.82) is 0 Å². The summed E-state index contributed by atoms with van der Waals surface area (Å²) in [5.74, 6) is 1.52. The Hall–Kier alpha value is -3.16. The molecule has 3 aromatic rings. The first-order valence-electron chi connectivity index (χ1n) is 11.8. The number of benzene rings is 2. The lowest BCUT2D eigenvalue weighted by molar-refractivity contribution is -0.126. The van der Waals surface area contributed by atoms with E-state index in [-0.39, 0.29) is 17.7 Å².